The number of thiazole rings is 1. The summed E-state index contributed by atoms with van der Waals surface area (Å²) in [6, 6.07) is 9.61. The van der Waals surface area contributed by atoms with Gasteiger partial charge in [0.1, 0.15) is 5.82 Å². The van der Waals surface area contributed by atoms with E-state index in [1.807, 2.05) is 0 Å². The number of halogens is 2. The summed E-state index contributed by atoms with van der Waals surface area (Å²) in [4.78, 5) is 16.1. The van der Waals surface area contributed by atoms with Crippen LogP contribution in [0.2, 0.25) is 5.02 Å². The third-order valence-corrected chi connectivity index (χ3v) is 6.09. The van der Waals surface area contributed by atoms with Gasteiger partial charge < -0.3 is 5.32 Å². The van der Waals surface area contributed by atoms with Gasteiger partial charge in [0.05, 0.1) is 4.90 Å². The summed E-state index contributed by atoms with van der Waals surface area (Å²) >= 11 is 7.07. The highest BCUT2D eigenvalue weighted by atomic mass is 35.5. The Kier molecular flexibility index (Phi) is 5.73. The number of benzene rings is 2. The van der Waals surface area contributed by atoms with Gasteiger partial charge in [-0.05, 0) is 36.4 Å². The molecule has 0 aliphatic carbocycles. The van der Waals surface area contributed by atoms with Gasteiger partial charge >= 0.3 is 0 Å². The van der Waals surface area contributed by atoms with Crippen molar-refractivity contribution in [2.24, 2.45) is 0 Å². The lowest BCUT2D eigenvalue weighted by molar-refractivity contribution is 0.0950. The Labute approximate surface area is 164 Å². The van der Waals surface area contributed by atoms with Crippen molar-refractivity contribution in [3.8, 4) is 0 Å². The van der Waals surface area contributed by atoms with Gasteiger partial charge in [-0.2, -0.15) is 0 Å². The maximum absolute atomic E-state index is 13.7. The third kappa shape index (κ3) is 4.62. The van der Waals surface area contributed by atoms with E-state index in [1.54, 1.807) is 5.38 Å². The van der Waals surface area contributed by atoms with Gasteiger partial charge in [0.2, 0.25) is 0 Å². The van der Waals surface area contributed by atoms with E-state index in [1.165, 1.54) is 48.7 Å². The van der Waals surface area contributed by atoms with Crippen molar-refractivity contribution >= 4 is 44.0 Å². The minimum Gasteiger partial charge on any atom is -0.348 e. The predicted octanol–water partition coefficient (Wildman–Crippen LogP) is 3.67. The minimum atomic E-state index is -3.79. The van der Waals surface area contributed by atoms with Gasteiger partial charge in [-0.3, -0.25) is 9.52 Å². The second-order valence-corrected chi connectivity index (χ2v) is 8.33. The smallest absolute Gasteiger partial charge is 0.263 e. The summed E-state index contributed by atoms with van der Waals surface area (Å²) in [6.07, 6.45) is 1.48. The molecular weight excluding hydrogens is 413 g/mol. The van der Waals surface area contributed by atoms with Gasteiger partial charge in [0, 0.05) is 34.3 Å². The zero-order valence-electron chi connectivity index (χ0n) is 13.6. The van der Waals surface area contributed by atoms with Crippen molar-refractivity contribution < 1.29 is 17.6 Å². The van der Waals surface area contributed by atoms with E-state index in [9.17, 15) is 17.6 Å². The van der Waals surface area contributed by atoms with E-state index in [0.29, 0.717) is 0 Å². The van der Waals surface area contributed by atoms with Gasteiger partial charge in [-0.1, -0.05) is 17.7 Å². The van der Waals surface area contributed by atoms with Crippen LogP contribution in [-0.2, 0) is 16.6 Å². The molecule has 0 saturated heterocycles. The molecule has 0 fully saturated rings. The number of hydrogen-bond donors (Lipinski definition) is 2. The summed E-state index contributed by atoms with van der Waals surface area (Å²) in [5, 5.41) is 4.66. The van der Waals surface area contributed by atoms with E-state index in [-0.39, 0.29) is 32.7 Å². The fourth-order valence-electron chi connectivity index (χ4n) is 2.21. The first-order valence-corrected chi connectivity index (χ1v) is 10.3. The molecular formula is C17H13ClFN3O3S2. The number of nitrogens with one attached hydrogen (secondary N) is 2. The van der Waals surface area contributed by atoms with E-state index in [2.05, 4.69) is 15.0 Å². The van der Waals surface area contributed by atoms with Crippen molar-refractivity contribution in [1.82, 2.24) is 10.3 Å². The largest absolute Gasteiger partial charge is 0.348 e. The SMILES string of the molecule is O=C(NCc1c(F)cccc1Cl)c1ccc(S(=O)(=O)Nc2nccs2)cc1. The van der Waals surface area contributed by atoms with Gasteiger partial charge in [0.25, 0.3) is 15.9 Å². The van der Waals surface area contributed by atoms with Crippen LogP contribution in [0.4, 0.5) is 9.52 Å². The molecule has 0 bridgehead atoms. The van der Waals surface area contributed by atoms with Crippen LogP contribution in [0.5, 0.6) is 0 Å². The first-order chi connectivity index (χ1) is 12.9. The van der Waals surface area contributed by atoms with Crippen LogP contribution in [0, 0.1) is 5.82 Å². The standard InChI is InChI=1S/C17H13ClFN3O3S2/c18-14-2-1-3-15(19)13(14)10-21-16(23)11-4-6-12(7-5-11)27(24,25)22-17-20-8-9-26-17/h1-9H,10H2,(H,20,22)(H,21,23). The number of amides is 1. The summed E-state index contributed by atoms with van der Waals surface area (Å²) < 4.78 is 40.6. The molecule has 0 atom stereocenters. The molecule has 3 rings (SSSR count). The highest BCUT2D eigenvalue weighted by Crippen LogP contribution is 2.20. The summed E-state index contributed by atoms with van der Waals surface area (Å²) in [7, 11) is -3.79. The number of anilines is 1. The molecule has 2 aromatic carbocycles. The molecule has 140 valence electrons. The van der Waals surface area contributed by atoms with Gasteiger partial charge in [-0.25, -0.2) is 17.8 Å². The van der Waals surface area contributed by atoms with Crippen molar-refractivity contribution in [1.29, 1.82) is 0 Å². The van der Waals surface area contributed by atoms with Crippen LogP contribution in [0.25, 0.3) is 0 Å². The number of hydrogen-bond acceptors (Lipinski definition) is 5. The maximum atomic E-state index is 13.7. The highest BCUT2D eigenvalue weighted by Gasteiger charge is 2.16. The topological polar surface area (TPSA) is 88.2 Å². The van der Waals surface area contributed by atoms with Gasteiger partial charge in [0.15, 0.2) is 5.13 Å². The first-order valence-electron chi connectivity index (χ1n) is 7.60. The second kappa shape index (κ2) is 8.03. The lowest BCUT2D eigenvalue weighted by Gasteiger charge is -2.09. The molecule has 3 aromatic rings. The number of nitrogens with zero attached hydrogens (tertiary/aromatic N) is 1. The fourth-order valence-corrected chi connectivity index (χ4v) is 4.22. The van der Waals surface area contributed by atoms with Crippen molar-refractivity contribution in [3.05, 3.63) is 76.0 Å². The zero-order chi connectivity index (χ0) is 19.4. The lowest BCUT2D eigenvalue weighted by atomic mass is 10.2. The molecule has 27 heavy (non-hydrogen) atoms. The number of aromatic nitrogens is 1. The molecule has 0 aliphatic rings. The molecule has 2 N–H and O–H groups in total. The number of rotatable bonds is 6. The van der Waals surface area contributed by atoms with E-state index < -0.39 is 21.7 Å². The number of sulfonamides is 1. The Morgan fingerprint density at radius 3 is 2.56 bits per heavy atom. The van der Waals surface area contributed by atoms with Crippen molar-refractivity contribution in [2.45, 2.75) is 11.4 Å². The van der Waals surface area contributed by atoms with Crippen LogP contribution in [0.1, 0.15) is 15.9 Å². The van der Waals surface area contributed by atoms with E-state index in [0.717, 1.165) is 11.3 Å². The Morgan fingerprint density at radius 2 is 1.93 bits per heavy atom. The molecule has 0 spiro atoms. The molecule has 1 heterocycles. The minimum absolute atomic E-state index is 0.00796. The molecule has 1 amide bonds. The molecule has 0 radical (unpaired) electrons. The van der Waals surface area contributed by atoms with Crippen LogP contribution in [0.15, 0.2) is 58.9 Å². The summed E-state index contributed by atoms with van der Waals surface area (Å²) in [5.74, 6) is -0.997. The predicted molar refractivity (Wildman–Crippen MR) is 102 cm³/mol. The maximum Gasteiger partial charge on any atom is 0.263 e. The molecule has 0 unspecified atom stereocenters. The average Bonchev–Trinajstić information content (AvgIpc) is 3.13. The summed E-state index contributed by atoms with van der Waals surface area (Å²) in [6.45, 7) is -0.0873. The van der Waals surface area contributed by atoms with Crippen LogP contribution < -0.4 is 10.0 Å². The molecule has 6 nitrogen and oxygen atoms in total. The molecule has 1 aromatic heterocycles. The van der Waals surface area contributed by atoms with Crippen LogP contribution >= 0.6 is 22.9 Å². The Bertz CT molecular complexity index is 1040. The second-order valence-electron chi connectivity index (χ2n) is 5.35. The van der Waals surface area contributed by atoms with Crippen molar-refractivity contribution in [3.63, 3.8) is 0 Å². The highest BCUT2D eigenvalue weighted by molar-refractivity contribution is 7.93. The molecule has 0 aliphatic heterocycles. The van der Waals surface area contributed by atoms with Crippen molar-refractivity contribution in [2.75, 3.05) is 4.72 Å². The molecule has 10 heteroatoms. The fraction of sp³-hybridized carbons (Fsp3) is 0.0588. The number of carbonyl (C=O) groups is 1. The van der Waals surface area contributed by atoms with E-state index >= 15 is 0 Å². The first kappa shape index (κ1) is 19.3. The Balaban J connectivity index is 1.68. The lowest BCUT2D eigenvalue weighted by Crippen LogP contribution is -2.23. The van der Waals surface area contributed by atoms with Crippen LogP contribution in [-0.4, -0.2) is 19.3 Å². The Morgan fingerprint density at radius 1 is 1.19 bits per heavy atom. The molecule has 0 saturated carbocycles. The van der Waals surface area contributed by atoms with Gasteiger partial charge in [-0.15, -0.1) is 11.3 Å². The summed E-state index contributed by atoms with van der Waals surface area (Å²) in [5.41, 5.74) is 0.412. The quantitative estimate of drug-likeness (QED) is 0.630. The van der Waals surface area contributed by atoms with E-state index in [4.69, 9.17) is 11.6 Å². The number of carbonyl (C=O) groups excluding carboxylic acids is 1. The monoisotopic (exact) mass is 425 g/mol. The Hall–Kier alpha value is -2.49. The third-order valence-electron chi connectivity index (χ3n) is 3.57. The zero-order valence-corrected chi connectivity index (χ0v) is 16.0. The average molecular weight is 426 g/mol. The normalized spacial score (nSPS) is 11.2. The van der Waals surface area contributed by atoms with Crippen LogP contribution in [0.3, 0.4) is 0 Å².